The smallest absolute Gasteiger partial charge is 0.223 e. The van der Waals surface area contributed by atoms with Crippen LogP contribution in [0.15, 0.2) is 24.7 Å². The molecule has 1 aromatic rings. The summed E-state index contributed by atoms with van der Waals surface area (Å²) in [5.74, 6) is 0.661. The molecule has 1 fully saturated rings. The number of anilines is 1. The van der Waals surface area contributed by atoms with Crippen molar-refractivity contribution in [2.24, 2.45) is 23.5 Å². The molecule has 1 saturated carbocycles. The molecule has 3 rings (SSSR count). The predicted octanol–water partition coefficient (Wildman–Crippen LogP) is 1.22. The molecule has 1 amide bonds. The maximum atomic E-state index is 11.6. The summed E-state index contributed by atoms with van der Waals surface area (Å²) >= 11 is 6.01. The largest absolute Gasteiger partial charge is 0.369 e. The number of aromatic nitrogens is 2. The van der Waals surface area contributed by atoms with Gasteiger partial charge in [0.05, 0.1) is 12.1 Å². The van der Waals surface area contributed by atoms with Crippen LogP contribution in [0.2, 0.25) is 5.02 Å². The van der Waals surface area contributed by atoms with E-state index in [1.54, 1.807) is 0 Å². The molecule has 0 saturated heterocycles. The Hall–Kier alpha value is -1.62. The Labute approximate surface area is 109 Å². The second kappa shape index (κ2) is 4.24. The van der Waals surface area contributed by atoms with Gasteiger partial charge < -0.3 is 11.1 Å². The summed E-state index contributed by atoms with van der Waals surface area (Å²) in [6.45, 7) is 0. The number of carbonyl (C=O) groups excluding carboxylic acids is 1. The van der Waals surface area contributed by atoms with Crippen LogP contribution in [0.25, 0.3) is 0 Å². The summed E-state index contributed by atoms with van der Waals surface area (Å²) in [6, 6.07) is -0.0232. The quantitative estimate of drug-likeness (QED) is 0.805. The summed E-state index contributed by atoms with van der Waals surface area (Å²) in [5, 5.41) is 3.69. The first kappa shape index (κ1) is 11.5. The number of nitrogens with two attached hydrogens (primary N) is 1. The molecule has 94 valence electrons. The molecule has 2 aliphatic carbocycles. The predicted molar refractivity (Wildman–Crippen MR) is 67.9 cm³/mol. The van der Waals surface area contributed by atoms with Gasteiger partial charge in [0.1, 0.15) is 17.2 Å². The average Bonchev–Trinajstić information content (AvgIpc) is 2.92. The van der Waals surface area contributed by atoms with Gasteiger partial charge in [-0.15, -0.1) is 0 Å². The van der Waals surface area contributed by atoms with Gasteiger partial charge >= 0.3 is 0 Å². The van der Waals surface area contributed by atoms with Crippen LogP contribution in [0.3, 0.4) is 0 Å². The number of nitrogens with zero attached hydrogens (tertiary/aromatic N) is 2. The fourth-order valence-corrected chi connectivity index (χ4v) is 3.14. The zero-order chi connectivity index (χ0) is 12.7. The highest BCUT2D eigenvalue weighted by molar-refractivity contribution is 6.32. The fourth-order valence-electron chi connectivity index (χ4n) is 2.98. The van der Waals surface area contributed by atoms with E-state index >= 15 is 0 Å². The Morgan fingerprint density at radius 1 is 1.44 bits per heavy atom. The minimum atomic E-state index is -0.269. The van der Waals surface area contributed by atoms with E-state index in [0.717, 1.165) is 6.42 Å². The van der Waals surface area contributed by atoms with Gasteiger partial charge in [-0.05, 0) is 18.3 Å². The van der Waals surface area contributed by atoms with Crippen molar-refractivity contribution in [2.45, 2.75) is 12.5 Å². The molecule has 4 atom stereocenters. The van der Waals surface area contributed by atoms with Crippen molar-refractivity contribution in [3.8, 4) is 0 Å². The van der Waals surface area contributed by atoms with Crippen LogP contribution in [0, 0.1) is 17.8 Å². The van der Waals surface area contributed by atoms with E-state index in [1.807, 2.05) is 0 Å². The monoisotopic (exact) mass is 264 g/mol. The number of fused-ring (bicyclic) bond motifs is 2. The van der Waals surface area contributed by atoms with Crippen molar-refractivity contribution in [3.63, 3.8) is 0 Å². The van der Waals surface area contributed by atoms with Gasteiger partial charge in [0.2, 0.25) is 5.91 Å². The lowest BCUT2D eigenvalue weighted by Crippen LogP contribution is -2.41. The Balaban J connectivity index is 1.86. The Morgan fingerprint density at radius 2 is 2.22 bits per heavy atom. The van der Waals surface area contributed by atoms with E-state index in [2.05, 4.69) is 27.4 Å². The summed E-state index contributed by atoms with van der Waals surface area (Å²) in [6.07, 6.45) is 8.14. The number of hydrogen-bond acceptors (Lipinski definition) is 4. The first-order chi connectivity index (χ1) is 8.66. The third kappa shape index (κ3) is 1.75. The third-order valence-electron chi connectivity index (χ3n) is 3.76. The summed E-state index contributed by atoms with van der Waals surface area (Å²) < 4.78 is 0. The molecule has 2 aliphatic rings. The Kier molecular flexibility index (Phi) is 2.70. The van der Waals surface area contributed by atoms with Gasteiger partial charge in [0.15, 0.2) is 0 Å². The SMILES string of the molecule is NC(=O)[C@@H]1[C@H](Nc2ncncc2Cl)[C@H]2C=C[C@@H]1C2. The minimum absolute atomic E-state index is 0.0232. The molecule has 0 aromatic carbocycles. The lowest BCUT2D eigenvalue weighted by molar-refractivity contribution is -0.122. The minimum Gasteiger partial charge on any atom is -0.369 e. The molecule has 1 heterocycles. The molecule has 0 unspecified atom stereocenters. The molecule has 18 heavy (non-hydrogen) atoms. The first-order valence-electron chi connectivity index (χ1n) is 5.86. The number of amides is 1. The lowest BCUT2D eigenvalue weighted by atomic mass is 9.88. The highest BCUT2D eigenvalue weighted by atomic mass is 35.5. The number of carbonyl (C=O) groups is 1. The normalized spacial score (nSPS) is 32.7. The number of rotatable bonds is 3. The number of nitrogens with one attached hydrogen (secondary N) is 1. The number of primary amides is 1. The van der Waals surface area contributed by atoms with Crippen molar-refractivity contribution in [3.05, 3.63) is 29.7 Å². The summed E-state index contributed by atoms with van der Waals surface area (Å²) in [5.41, 5.74) is 5.49. The van der Waals surface area contributed by atoms with Crippen molar-refractivity contribution in [1.82, 2.24) is 9.97 Å². The van der Waals surface area contributed by atoms with Gasteiger partial charge in [-0.2, -0.15) is 0 Å². The fraction of sp³-hybridized carbons (Fsp3) is 0.417. The molecule has 6 heteroatoms. The molecular weight excluding hydrogens is 252 g/mol. The van der Waals surface area contributed by atoms with Crippen LogP contribution in [0.1, 0.15) is 6.42 Å². The summed E-state index contributed by atoms with van der Waals surface area (Å²) in [4.78, 5) is 19.5. The number of hydrogen-bond donors (Lipinski definition) is 2. The maximum absolute atomic E-state index is 11.6. The Morgan fingerprint density at radius 3 is 2.94 bits per heavy atom. The van der Waals surface area contributed by atoms with Crippen molar-refractivity contribution in [2.75, 3.05) is 5.32 Å². The van der Waals surface area contributed by atoms with Crippen molar-refractivity contribution in [1.29, 1.82) is 0 Å². The van der Waals surface area contributed by atoms with E-state index < -0.39 is 0 Å². The lowest BCUT2D eigenvalue weighted by Gasteiger charge is -2.27. The van der Waals surface area contributed by atoms with Gasteiger partial charge in [0, 0.05) is 6.04 Å². The first-order valence-corrected chi connectivity index (χ1v) is 6.24. The van der Waals surface area contributed by atoms with Crippen molar-refractivity contribution < 1.29 is 4.79 Å². The third-order valence-corrected chi connectivity index (χ3v) is 4.04. The van der Waals surface area contributed by atoms with Crippen LogP contribution in [0.4, 0.5) is 5.82 Å². The van der Waals surface area contributed by atoms with E-state index in [4.69, 9.17) is 17.3 Å². The molecule has 2 bridgehead atoms. The van der Waals surface area contributed by atoms with Gasteiger partial charge in [-0.25, -0.2) is 9.97 Å². The van der Waals surface area contributed by atoms with E-state index in [-0.39, 0.29) is 23.8 Å². The molecule has 0 spiro atoms. The van der Waals surface area contributed by atoms with Crippen LogP contribution < -0.4 is 11.1 Å². The number of allylic oxidation sites excluding steroid dienone is 1. The molecule has 0 radical (unpaired) electrons. The average molecular weight is 265 g/mol. The highest BCUT2D eigenvalue weighted by Gasteiger charge is 2.47. The number of halogens is 1. The zero-order valence-corrected chi connectivity index (χ0v) is 10.3. The maximum Gasteiger partial charge on any atom is 0.223 e. The molecule has 3 N–H and O–H groups in total. The van der Waals surface area contributed by atoms with Crippen molar-refractivity contribution >= 4 is 23.3 Å². The van der Waals surface area contributed by atoms with E-state index in [1.165, 1.54) is 12.5 Å². The highest BCUT2D eigenvalue weighted by Crippen LogP contribution is 2.45. The molecule has 0 aliphatic heterocycles. The standard InChI is InChI=1S/C12H13ClN4O/c13-8-4-15-5-16-12(8)17-10-7-2-1-6(3-7)9(10)11(14)18/h1-2,4-7,9-10H,3H2,(H2,14,18)(H,15,16,17)/t6-,7+,9+,10-/m1/s1. The van der Waals surface area contributed by atoms with E-state index in [9.17, 15) is 4.79 Å². The molecular formula is C12H13ClN4O. The second-order valence-corrected chi connectivity index (χ2v) is 5.17. The van der Waals surface area contributed by atoms with Crippen LogP contribution in [-0.2, 0) is 4.79 Å². The van der Waals surface area contributed by atoms with Crippen LogP contribution >= 0.6 is 11.6 Å². The van der Waals surface area contributed by atoms with Crippen LogP contribution in [0.5, 0.6) is 0 Å². The second-order valence-electron chi connectivity index (χ2n) is 4.77. The van der Waals surface area contributed by atoms with Gasteiger partial charge in [-0.3, -0.25) is 4.79 Å². The topological polar surface area (TPSA) is 80.9 Å². The van der Waals surface area contributed by atoms with Gasteiger partial charge in [0.25, 0.3) is 0 Å². The van der Waals surface area contributed by atoms with Gasteiger partial charge in [-0.1, -0.05) is 23.8 Å². The summed E-state index contributed by atoms with van der Waals surface area (Å²) in [7, 11) is 0. The molecule has 5 nitrogen and oxygen atoms in total. The molecule has 1 aromatic heterocycles. The zero-order valence-electron chi connectivity index (χ0n) is 9.58. The van der Waals surface area contributed by atoms with Crippen LogP contribution in [-0.4, -0.2) is 21.9 Å². The Bertz CT molecular complexity index is 519. The van der Waals surface area contributed by atoms with E-state index in [0.29, 0.717) is 16.8 Å².